The molecule has 0 bridgehead atoms. The molecule has 2 rings (SSSR count). The Kier molecular flexibility index (Phi) is 5.90. The zero-order valence-corrected chi connectivity index (χ0v) is 12.8. The summed E-state index contributed by atoms with van der Waals surface area (Å²) in [6, 6.07) is 16.9. The van der Waals surface area contributed by atoms with Gasteiger partial charge in [0.25, 0.3) is 0 Å². The van der Waals surface area contributed by atoms with Crippen LogP contribution < -0.4 is 5.32 Å². The van der Waals surface area contributed by atoms with Crippen molar-refractivity contribution >= 4 is 17.4 Å². The van der Waals surface area contributed by atoms with Crippen LogP contribution in [0.1, 0.15) is 42.1 Å². The summed E-state index contributed by atoms with van der Waals surface area (Å²) in [6.45, 7) is 2.14. The summed E-state index contributed by atoms with van der Waals surface area (Å²) in [5.74, 6) is -0.137. The molecule has 0 aliphatic heterocycles. The lowest BCUT2D eigenvalue weighted by atomic mass is 10.1. The van der Waals surface area contributed by atoms with Crippen molar-refractivity contribution in [3.63, 3.8) is 0 Å². The monoisotopic (exact) mass is 295 g/mol. The van der Waals surface area contributed by atoms with E-state index in [0.717, 1.165) is 18.5 Å². The van der Waals surface area contributed by atoms with Crippen LogP contribution >= 0.6 is 0 Å². The molecule has 0 unspecified atom stereocenters. The second-order valence-corrected chi connectivity index (χ2v) is 5.28. The summed E-state index contributed by atoms with van der Waals surface area (Å²) in [5, 5.41) is 2.83. The Morgan fingerprint density at radius 2 is 1.59 bits per heavy atom. The third-order valence-corrected chi connectivity index (χ3v) is 3.45. The first-order chi connectivity index (χ1) is 10.7. The number of nitrogens with one attached hydrogen (secondary N) is 1. The molecule has 0 aliphatic carbocycles. The van der Waals surface area contributed by atoms with Crippen molar-refractivity contribution < 1.29 is 9.59 Å². The molecule has 0 saturated heterocycles. The first-order valence-corrected chi connectivity index (χ1v) is 7.66. The molecule has 22 heavy (non-hydrogen) atoms. The van der Waals surface area contributed by atoms with E-state index >= 15 is 0 Å². The van der Waals surface area contributed by atoms with Crippen LogP contribution in [0.5, 0.6) is 0 Å². The zero-order valence-electron chi connectivity index (χ0n) is 12.8. The van der Waals surface area contributed by atoms with Crippen LogP contribution in [0.3, 0.4) is 0 Å². The number of rotatable bonds is 7. The lowest BCUT2D eigenvalue weighted by molar-refractivity contribution is -0.116. The van der Waals surface area contributed by atoms with Crippen LogP contribution in [0.25, 0.3) is 0 Å². The van der Waals surface area contributed by atoms with Gasteiger partial charge in [-0.15, -0.1) is 0 Å². The predicted octanol–water partition coefficient (Wildman–Crippen LogP) is 4.24. The van der Waals surface area contributed by atoms with E-state index in [0.29, 0.717) is 5.56 Å². The van der Waals surface area contributed by atoms with E-state index in [1.807, 2.05) is 42.5 Å². The third-order valence-electron chi connectivity index (χ3n) is 3.45. The summed E-state index contributed by atoms with van der Waals surface area (Å²) < 4.78 is 0. The minimum atomic E-state index is -0.132. The fraction of sp³-hybridized carbons (Fsp3) is 0.263. The van der Waals surface area contributed by atoms with Gasteiger partial charge in [-0.1, -0.05) is 55.8 Å². The van der Waals surface area contributed by atoms with Crippen molar-refractivity contribution in [3.8, 4) is 0 Å². The molecule has 0 spiro atoms. The van der Waals surface area contributed by atoms with Gasteiger partial charge in [0, 0.05) is 24.1 Å². The Labute approximate surface area is 131 Å². The predicted molar refractivity (Wildman–Crippen MR) is 89.1 cm³/mol. The van der Waals surface area contributed by atoms with E-state index in [9.17, 15) is 9.59 Å². The van der Waals surface area contributed by atoms with E-state index in [2.05, 4.69) is 12.2 Å². The molecule has 114 valence electrons. The standard InChI is InChI=1S/C19H21NO2/c1-2-6-15-9-11-17(12-10-15)20-19(22)14-13-18(21)16-7-4-3-5-8-16/h3-5,7-12H,2,6,13-14H2,1H3,(H,20,22). The number of carbonyl (C=O) groups excluding carboxylic acids is 2. The Morgan fingerprint density at radius 1 is 0.909 bits per heavy atom. The molecule has 2 aromatic rings. The highest BCUT2D eigenvalue weighted by Crippen LogP contribution is 2.12. The number of carbonyl (C=O) groups is 2. The minimum Gasteiger partial charge on any atom is -0.326 e. The molecule has 0 atom stereocenters. The highest BCUT2D eigenvalue weighted by Gasteiger charge is 2.09. The molecule has 1 N–H and O–H groups in total. The summed E-state index contributed by atoms with van der Waals surface area (Å²) in [4.78, 5) is 23.8. The summed E-state index contributed by atoms with van der Waals surface area (Å²) in [5.41, 5.74) is 2.69. The quantitative estimate of drug-likeness (QED) is 0.776. The fourth-order valence-electron chi connectivity index (χ4n) is 2.26. The molecule has 3 heteroatoms. The Morgan fingerprint density at radius 3 is 2.23 bits per heavy atom. The van der Waals surface area contributed by atoms with Gasteiger partial charge in [-0.05, 0) is 24.1 Å². The number of Topliss-reactive ketones (excluding diaryl/α,β-unsaturated/α-hetero) is 1. The maximum Gasteiger partial charge on any atom is 0.224 e. The Bertz CT molecular complexity index is 618. The number of aryl methyl sites for hydroxylation is 1. The second kappa shape index (κ2) is 8.13. The molecule has 0 fully saturated rings. The highest BCUT2D eigenvalue weighted by molar-refractivity contribution is 5.99. The zero-order chi connectivity index (χ0) is 15.8. The van der Waals surface area contributed by atoms with Gasteiger partial charge in [-0.2, -0.15) is 0 Å². The number of benzene rings is 2. The van der Waals surface area contributed by atoms with Crippen LogP contribution in [-0.4, -0.2) is 11.7 Å². The fourth-order valence-corrected chi connectivity index (χ4v) is 2.26. The molecule has 0 aromatic heterocycles. The number of hydrogen-bond acceptors (Lipinski definition) is 2. The molecule has 0 saturated carbocycles. The highest BCUT2D eigenvalue weighted by atomic mass is 16.2. The van der Waals surface area contributed by atoms with Gasteiger partial charge in [0.05, 0.1) is 0 Å². The normalized spacial score (nSPS) is 10.2. The van der Waals surface area contributed by atoms with Crippen molar-refractivity contribution in [2.24, 2.45) is 0 Å². The van der Waals surface area contributed by atoms with E-state index < -0.39 is 0 Å². The lowest BCUT2D eigenvalue weighted by Gasteiger charge is -2.06. The molecule has 2 aromatic carbocycles. The molecule has 1 amide bonds. The van der Waals surface area contributed by atoms with Gasteiger partial charge in [0.15, 0.2) is 5.78 Å². The Hall–Kier alpha value is -2.42. The number of ketones is 1. The topological polar surface area (TPSA) is 46.2 Å². The molecular formula is C19H21NO2. The van der Waals surface area contributed by atoms with Crippen LogP contribution in [0, 0.1) is 0 Å². The largest absolute Gasteiger partial charge is 0.326 e. The van der Waals surface area contributed by atoms with Crippen molar-refractivity contribution in [1.82, 2.24) is 0 Å². The maximum absolute atomic E-state index is 11.9. The smallest absolute Gasteiger partial charge is 0.224 e. The van der Waals surface area contributed by atoms with Gasteiger partial charge in [-0.25, -0.2) is 0 Å². The summed E-state index contributed by atoms with van der Waals surface area (Å²) in [6.07, 6.45) is 2.57. The molecule has 0 aliphatic rings. The lowest BCUT2D eigenvalue weighted by Crippen LogP contribution is -2.13. The van der Waals surface area contributed by atoms with Crippen molar-refractivity contribution in [2.75, 3.05) is 5.32 Å². The van der Waals surface area contributed by atoms with Crippen molar-refractivity contribution in [2.45, 2.75) is 32.6 Å². The molecular weight excluding hydrogens is 274 g/mol. The Balaban J connectivity index is 1.81. The minimum absolute atomic E-state index is 0.00552. The SMILES string of the molecule is CCCc1ccc(NC(=O)CCC(=O)c2ccccc2)cc1. The van der Waals surface area contributed by atoms with Gasteiger partial charge >= 0.3 is 0 Å². The average Bonchev–Trinajstić information content (AvgIpc) is 2.55. The van der Waals surface area contributed by atoms with Gasteiger partial charge in [0.2, 0.25) is 5.91 Å². The first-order valence-electron chi connectivity index (χ1n) is 7.66. The molecule has 0 radical (unpaired) electrons. The number of amides is 1. The first kappa shape index (κ1) is 16.0. The average molecular weight is 295 g/mol. The van der Waals surface area contributed by atoms with Crippen LogP contribution in [0.2, 0.25) is 0 Å². The number of anilines is 1. The van der Waals surface area contributed by atoms with Crippen molar-refractivity contribution in [3.05, 3.63) is 65.7 Å². The van der Waals surface area contributed by atoms with E-state index in [1.165, 1.54) is 5.56 Å². The summed E-state index contributed by atoms with van der Waals surface area (Å²) in [7, 11) is 0. The van der Waals surface area contributed by atoms with Gasteiger partial charge in [0.1, 0.15) is 0 Å². The van der Waals surface area contributed by atoms with E-state index in [4.69, 9.17) is 0 Å². The van der Waals surface area contributed by atoms with Crippen LogP contribution in [0.4, 0.5) is 5.69 Å². The van der Waals surface area contributed by atoms with E-state index in [1.54, 1.807) is 12.1 Å². The van der Waals surface area contributed by atoms with Crippen LogP contribution in [-0.2, 0) is 11.2 Å². The molecule has 0 heterocycles. The van der Waals surface area contributed by atoms with Gasteiger partial charge in [-0.3, -0.25) is 9.59 Å². The maximum atomic E-state index is 11.9. The third kappa shape index (κ3) is 4.85. The number of hydrogen-bond donors (Lipinski definition) is 1. The molecule has 3 nitrogen and oxygen atoms in total. The summed E-state index contributed by atoms with van der Waals surface area (Å²) >= 11 is 0. The second-order valence-electron chi connectivity index (χ2n) is 5.28. The van der Waals surface area contributed by atoms with Crippen LogP contribution in [0.15, 0.2) is 54.6 Å². The van der Waals surface area contributed by atoms with E-state index in [-0.39, 0.29) is 24.5 Å². The van der Waals surface area contributed by atoms with Crippen molar-refractivity contribution in [1.29, 1.82) is 0 Å². The van der Waals surface area contributed by atoms with Gasteiger partial charge < -0.3 is 5.32 Å².